The SMILES string of the molecule is C=C(C)CN1C(=O)C(=O)c2ccc(Cl)cc21. The van der Waals surface area contributed by atoms with Gasteiger partial charge < -0.3 is 4.90 Å². The lowest BCUT2D eigenvalue weighted by molar-refractivity contribution is -0.114. The number of carbonyl (C=O) groups excluding carboxylic acids is 2. The van der Waals surface area contributed by atoms with Gasteiger partial charge in [-0.3, -0.25) is 9.59 Å². The van der Waals surface area contributed by atoms with Gasteiger partial charge in [0.05, 0.1) is 11.3 Å². The van der Waals surface area contributed by atoms with Gasteiger partial charge in [0.15, 0.2) is 0 Å². The largest absolute Gasteiger partial charge is 0.301 e. The van der Waals surface area contributed by atoms with E-state index in [4.69, 9.17) is 11.6 Å². The van der Waals surface area contributed by atoms with Gasteiger partial charge in [0.2, 0.25) is 0 Å². The number of hydrogen-bond acceptors (Lipinski definition) is 2. The Balaban J connectivity index is 2.51. The second-order valence-corrected chi connectivity index (χ2v) is 4.28. The van der Waals surface area contributed by atoms with Crippen molar-refractivity contribution in [2.75, 3.05) is 11.4 Å². The van der Waals surface area contributed by atoms with Crippen molar-refractivity contribution < 1.29 is 9.59 Å². The molecule has 0 radical (unpaired) electrons. The molecule has 0 aromatic heterocycles. The summed E-state index contributed by atoms with van der Waals surface area (Å²) in [6.07, 6.45) is 0. The number of amides is 1. The maximum Gasteiger partial charge on any atom is 0.299 e. The molecule has 0 spiro atoms. The fourth-order valence-corrected chi connectivity index (χ4v) is 1.86. The van der Waals surface area contributed by atoms with E-state index in [1.165, 1.54) is 4.90 Å². The minimum atomic E-state index is -0.514. The molecule has 0 fully saturated rings. The Morgan fingerprint density at radius 2 is 2.12 bits per heavy atom. The average molecular weight is 236 g/mol. The summed E-state index contributed by atoms with van der Waals surface area (Å²) in [5.41, 5.74) is 1.80. The zero-order valence-corrected chi connectivity index (χ0v) is 9.54. The Bertz CT molecular complexity index is 508. The third kappa shape index (κ3) is 1.63. The molecule has 16 heavy (non-hydrogen) atoms. The molecule has 1 aliphatic heterocycles. The van der Waals surface area contributed by atoms with Crippen LogP contribution >= 0.6 is 11.6 Å². The molecule has 4 heteroatoms. The maximum absolute atomic E-state index is 11.7. The fourth-order valence-electron chi connectivity index (χ4n) is 1.69. The van der Waals surface area contributed by atoms with Crippen molar-refractivity contribution >= 4 is 29.0 Å². The molecule has 0 saturated carbocycles. The molecule has 1 aromatic carbocycles. The van der Waals surface area contributed by atoms with Gasteiger partial charge in [0, 0.05) is 11.6 Å². The number of anilines is 1. The van der Waals surface area contributed by atoms with Crippen molar-refractivity contribution in [1.29, 1.82) is 0 Å². The fraction of sp³-hybridized carbons (Fsp3) is 0.167. The highest BCUT2D eigenvalue weighted by molar-refractivity contribution is 6.52. The summed E-state index contributed by atoms with van der Waals surface area (Å²) in [5, 5.41) is 0.507. The molecule has 1 aliphatic rings. The molecule has 0 unspecified atom stereocenters. The van der Waals surface area contributed by atoms with E-state index in [0.717, 1.165) is 5.57 Å². The van der Waals surface area contributed by atoms with E-state index in [0.29, 0.717) is 22.8 Å². The highest BCUT2D eigenvalue weighted by Crippen LogP contribution is 2.31. The minimum Gasteiger partial charge on any atom is -0.301 e. The first-order valence-electron chi connectivity index (χ1n) is 4.81. The van der Waals surface area contributed by atoms with E-state index < -0.39 is 11.7 Å². The molecule has 0 N–H and O–H groups in total. The van der Waals surface area contributed by atoms with E-state index in [1.54, 1.807) is 25.1 Å². The van der Waals surface area contributed by atoms with Crippen LogP contribution in [0.25, 0.3) is 0 Å². The average Bonchev–Trinajstić information content (AvgIpc) is 2.43. The summed E-state index contributed by atoms with van der Waals surface area (Å²) in [4.78, 5) is 24.7. The summed E-state index contributed by atoms with van der Waals surface area (Å²) in [6.45, 7) is 5.89. The zero-order chi connectivity index (χ0) is 11.9. The molecule has 0 saturated heterocycles. The molecule has 3 nitrogen and oxygen atoms in total. The van der Waals surface area contributed by atoms with Crippen molar-refractivity contribution in [3.05, 3.63) is 40.9 Å². The number of fused-ring (bicyclic) bond motifs is 1. The molecule has 1 aromatic rings. The number of carbonyl (C=O) groups is 2. The monoisotopic (exact) mass is 235 g/mol. The number of halogens is 1. The Morgan fingerprint density at radius 3 is 2.75 bits per heavy atom. The van der Waals surface area contributed by atoms with Gasteiger partial charge in [0.25, 0.3) is 11.7 Å². The van der Waals surface area contributed by atoms with Gasteiger partial charge in [-0.1, -0.05) is 23.8 Å². The number of benzene rings is 1. The van der Waals surface area contributed by atoms with Crippen LogP contribution in [0.4, 0.5) is 5.69 Å². The van der Waals surface area contributed by atoms with E-state index in [2.05, 4.69) is 6.58 Å². The van der Waals surface area contributed by atoms with Crippen LogP contribution in [0.2, 0.25) is 5.02 Å². The third-order valence-corrected chi connectivity index (χ3v) is 2.60. The first kappa shape index (κ1) is 10.9. The van der Waals surface area contributed by atoms with E-state index in [9.17, 15) is 9.59 Å². The molecule has 1 amide bonds. The van der Waals surface area contributed by atoms with Crippen LogP contribution in [-0.2, 0) is 4.79 Å². The lowest BCUT2D eigenvalue weighted by Gasteiger charge is -2.16. The van der Waals surface area contributed by atoms with Crippen molar-refractivity contribution in [3.8, 4) is 0 Å². The van der Waals surface area contributed by atoms with Gasteiger partial charge >= 0.3 is 0 Å². The van der Waals surface area contributed by atoms with Crippen LogP contribution < -0.4 is 4.90 Å². The number of hydrogen-bond donors (Lipinski definition) is 0. The smallest absolute Gasteiger partial charge is 0.299 e. The Labute approximate surface area is 98.3 Å². The predicted molar refractivity (Wildman–Crippen MR) is 62.9 cm³/mol. The van der Waals surface area contributed by atoms with Crippen LogP contribution in [0.5, 0.6) is 0 Å². The van der Waals surface area contributed by atoms with E-state index in [-0.39, 0.29) is 0 Å². The van der Waals surface area contributed by atoms with E-state index in [1.807, 2.05) is 0 Å². The molecule has 82 valence electrons. The Hall–Kier alpha value is -1.61. The van der Waals surface area contributed by atoms with Gasteiger partial charge in [0.1, 0.15) is 0 Å². The normalized spacial score (nSPS) is 14.2. The molecule has 0 atom stereocenters. The van der Waals surface area contributed by atoms with Crippen molar-refractivity contribution in [1.82, 2.24) is 0 Å². The predicted octanol–water partition coefficient (Wildman–Crippen LogP) is 2.45. The summed E-state index contributed by atoms with van der Waals surface area (Å²) >= 11 is 5.85. The second-order valence-electron chi connectivity index (χ2n) is 3.84. The second kappa shape index (κ2) is 3.76. The summed E-state index contributed by atoms with van der Waals surface area (Å²) in [5.74, 6) is -0.992. The summed E-state index contributed by atoms with van der Waals surface area (Å²) in [7, 11) is 0. The van der Waals surface area contributed by atoms with Crippen molar-refractivity contribution in [2.45, 2.75) is 6.92 Å². The maximum atomic E-state index is 11.7. The Kier molecular flexibility index (Phi) is 2.56. The number of ketones is 1. The van der Waals surface area contributed by atoms with E-state index >= 15 is 0 Å². The van der Waals surface area contributed by atoms with Crippen molar-refractivity contribution in [3.63, 3.8) is 0 Å². The lowest BCUT2D eigenvalue weighted by Crippen LogP contribution is -2.30. The molecule has 0 aliphatic carbocycles. The van der Waals surface area contributed by atoms with Gasteiger partial charge in [-0.15, -0.1) is 0 Å². The topological polar surface area (TPSA) is 37.4 Å². The van der Waals surface area contributed by atoms with Gasteiger partial charge in [-0.25, -0.2) is 0 Å². The summed E-state index contributed by atoms with van der Waals surface area (Å²) in [6, 6.07) is 4.81. The van der Waals surface area contributed by atoms with Crippen LogP contribution in [-0.4, -0.2) is 18.2 Å². The quantitative estimate of drug-likeness (QED) is 0.583. The van der Waals surface area contributed by atoms with Crippen molar-refractivity contribution in [2.24, 2.45) is 0 Å². The van der Waals surface area contributed by atoms with Gasteiger partial charge in [-0.2, -0.15) is 0 Å². The molecular weight excluding hydrogens is 226 g/mol. The minimum absolute atomic E-state index is 0.345. The number of rotatable bonds is 2. The number of nitrogens with zero attached hydrogens (tertiary/aromatic N) is 1. The standard InChI is InChI=1S/C12H10ClNO2/c1-7(2)6-14-10-5-8(13)3-4-9(10)11(15)12(14)16/h3-5H,1,6H2,2H3. The Morgan fingerprint density at radius 1 is 1.44 bits per heavy atom. The first-order valence-corrected chi connectivity index (χ1v) is 5.18. The highest BCUT2D eigenvalue weighted by atomic mass is 35.5. The third-order valence-electron chi connectivity index (χ3n) is 2.36. The first-order chi connectivity index (χ1) is 7.50. The summed E-state index contributed by atoms with van der Waals surface area (Å²) < 4.78 is 0. The lowest BCUT2D eigenvalue weighted by atomic mass is 10.1. The van der Waals surface area contributed by atoms with Crippen LogP contribution in [0.15, 0.2) is 30.4 Å². The molecule has 0 bridgehead atoms. The van der Waals surface area contributed by atoms with Crippen LogP contribution in [0, 0.1) is 0 Å². The van der Waals surface area contributed by atoms with Crippen LogP contribution in [0.3, 0.4) is 0 Å². The zero-order valence-electron chi connectivity index (χ0n) is 8.79. The molecular formula is C12H10ClNO2. The van der Waals surface area contributed by atoms with Gasteiger partial charge in [-0.05, 0) is 25.1 Å². The number of Topliss-reactive ketones (excluding diaryl/α,β-unsaturated/α-hetero) is 1. The molecule has 1 heterocycles. The highest BCUT2D eigenvalue weighted by Gasteiger charge is 2.35. The van der Waals surface area contributed by atoms with Crippen LogP contribution in [0.1, 0.15) is 17.3 Å². The molecule has 2 rings (SSSR count).